The van der Waals surface area contributed by atoms with Gasteiger partial charge in [-0.05, 0) is 13.3 Å². The number of nitrogens with one attached hydrogen (secondary N) is 1. The molecule has 0 aliphatic carbocycles. The van der Waals surface area contributed by atoms with E-state index in [1.807, 2.05) is 13.8 Å². The highest BCUT2D eigenvalue weighted by Crippen LogP contribution is 2.24. The van der Waals surface area contributed by atoms with Crippen LogP contribution in [0, 0.1) is 6.92 Å². The molecule has 0 saturated heterocycles. The molecular weight excluding hydrogens is 166 g/mol. The molecule has 4 heteroatoms. The van der Waals surface area contributed by atoms with E-state index in [1.54, 1.807) is 0 Å². The van der Waals surface area contributed by atoms with E-state index in [1.165, 1.54) is 5.56 Å². The number of aromatic amines is 1. The van der Waals surface area contributed by atoms with Crippen LogP contribution in [-0.4, -0.2) is 26.4 Å². The Bertz CT molecular complexity index is 308. The average molecular weight is 181 g/mol. The third kappa shape index (κ3) is 1.36. The second-order valence-corrected chi connectivity index (χ2v) is 3.56. The maximum atomic E-state index is 9.63. The molecule has 13 heavy (non-hydrogen) atoms. The van der Waals surface area contributed by atoms with Crippen LogP contribution in [0.25, 0.3) is 0 Å². The summed E-state index contributed by atoms with van der Waals surface area (Å²) in [7, 11) is 0. The lowest BCUT2D eigenvalue weighted by Gasteiger charge is -2.20. The van der Waals surface area contributed by atoms with Crippen molar-refractivity contribution in [2.24, 2.45) is 0 Å². The quantitative estimate of drug-likeness (QED) is 0.708. The van der Waals surface area contributed by atoms with Gasteiger partial charge in [0.05, 0.1) is 11.4 Å². The third-order valence-corrected chi connectivity index (χ3v) is 2.67. The molecule has 1 aliphatic heterocycles. The van der Waals surface area contributed by atoms with Crippen LogP contribution < -0.4 is 0 Å². The van der Waals surface area contributed by atoms with Gasteiger partial charge in [0, 0.05) is 18.7 Å². The molecule has 72 valence electrons. The van der Waals surface area contributed by atoms with E-state index in [-0.39, 0.29) is 6.23 Å². The number of aliphatic hydroxyl groups is 1. The molecule has 1 aromatic rings. The van der Waals surface area contributed by atoms with E-state index in [0.29, 0.717) is 0 Å². The van der Waals surface area contributed by atoms with E-state index >= 15 is 0 Å². The van der Waals surface area contributed by atoms with Crippen LogP contribution in [0.1, 0.15) is 30.3 Å². The first-order valence-electron chi connectivity index (χ1n) is 4.67. The third-order valence-electron chi connectivity index (χ3n) is 2.67. The lowest BCUT2D eigenvalue weighted by Crippen LogP contribution is -2.29. The number of fused-ring (bicyclic) bond motifs is 1. The minimum Gasteiger partial charge on any atom is -0.378 e. The van der Waals surface area contributed by atoms with Crippen molar-refractivity contribution in [1.29, 1.82) is 0 Å². The molecule has 0 bridgehead atoms. The van der Waals surface area contributed by atoms with Crippen molar-refractivity contribution in [1.82, 2.24) is 15.1 Å². The fourth-order valence-corrected chi connectivity index (χ4v) is 1.78. The molecule has 1 unspecified atom stereocenters. The molecule has 1 aromatic heterocycles. The summed E-state index contributed by atoms with van der Waals surface area (Å²) in [6, 6.07) is 0. The maximum absolute atomic E-state index is 9.63. The first-order valence-corrected chi connectivity index (χ1v) is 4.67. The van der Waals surface area contributed by atoms with Gasteiger partial charge in [-0.15, -0.1) is 0 Å². The topological polar surface area (TPSA) is 52.1 Å². The van der Waals surface area contributed by atoms with Crippen molar-refractivity contribution in [2.75, 3.05) is 0 Å². The highest BCUT2D eigenvalue weighted by Gasteiger charge is 2.26. The number of aryl methyl sites for hydroxylation is 1. The van der Waals surface area contributed by atoms with Gasteiger partial charge in [-0.3, -0.25) is 10.00 Å². The summed E-state index contributed by atoms with van der Waals surface area (Å²) in [6.45, 7) is 5.61. The first kappa shape index (κ1) is 8.72. The Labute approximate surface area is 77.6 Å². The zero-order chi connectivity index (χ0) is 9.42. The maximum Gasteiger partial charge on any atom is 0.107 e. The molecule has 0 spiro atoms. The molecule has 0 fully saturated rings. The molecule has 0 saturated carbocycles. The Morgan fingerprint density at radius 1 is 1.62 bits per heavy atom. The molecule has 0 aromatic carbocycles. The molecule has 0 amide bonds. The summed E-state index contributed by atoms with van der Waals surface area (Å²) in [4.78, 5) is 2.05. The predicted molar refractivity (Wildman–Crippen MR) is 48.9 cm³/mol. The number of hydrogen-bond donors (Lipinski definition) is 2. The second kappa shape index (κ2) is 3.12. The van der Waals surface area contributed by atoms with E-state index in [0.717, 1.165) is 30.9 Å². The summed E-state index contributed by atoms with van der Waals surface area (Å²) in [6.07, 6.45) is 0.455. The fraction of sp³-hybridized carbons (Fsp3) is 0.667. The second-order valence-electron chi connectivity index (χ2n) is 3.56. The van der Waals surface area contributed by atoms with Gasteiger partial charge in [0.15, 0.2) is 0 Å². The van der Waals surface area contributed by atoms with Crippen molar-refractivity contribution in [3.63, 3.8) is 0 Å². The van der Waals surface area contributed by atoms with Gasteiger partial charge in [-0.2, -0.15) is 5.10 Å². The van der Waals surface area contributed by atoms with Gasteiger partial charge in [0.1, 0.15) is 6.23 Å². The van der Waals surface area contributed by atoms with Gasteiger partial charge in [-0.25, -0.2) is 0 Å². The monoisotopic (exact) mass is 181 g/mol. The summed E-state index contributed by atoms with van der Waals surface area (Å²) in [5.41, 5.74) is 3.47. The zero-order valence-electron chi connectivity index (χ0n) is 8.04. The van der Waals surface area contributed by atoms with Crippen molar-refractivity contribution in [3.8, 4) is 0 Å². The summed E-state index contributed by atoms with van der Waals surface area (Å²) >= 11 is 0. The van der Waals surface area contributed by atoms with Gasteiger partial charge in [-0.1, -0.05) is 6.92 Å². The van der Waals surface area contributed by atoms with E-state index < -0.39 is 0 Å². The lowest BCUT2D eigenvalue weighted by atomic mass is 10.2. The molecule has 2 N–H and O–H groups in total. The summed E-state index contributed by atoms with van der Waals surface area (Å²) < 4.78 is 0. The highest BCUT2D eigenvalue weighted by atomic mass is 16.3. The Morgan fingerprint density at radius 2 is 2.38 bits per heavy atom. The smallest absolute Gasteiger partial charge is 0.107 e. The van der Waals surface area contributed by atoms with Gasteiger partial charge in [0.2, 0.25) is 0 Å². The van der Waals surface area contributed by atoms with Crippen molar-refractivity contribution >= 4 is 0 Å². The first-order chi connectivity index (χ1) is 6.22. The van der Waals surface area contributed by atoms with Crippen molar-refractivity contribution < 1.29 is 5.11 Å². The molecule has 1 atom stereocenters. The summed E-state index contributed by atoms with van der Waals surface area (Å²) in [5.74, 6) is 0. The predicted octanol–water partition coefficient (Wildman–Crippen LogP) is 0.762. The van der Waals surface area contributed by atoms with Crippen molar-refractivity contribution in [2.45, 2.75) is 39.6 Å². The number of rotatable bonds is 2. The summed E-state index contributed by atoms with van der Waals surface area (Å²) in [5, 5.41) is 16.7. The molecule has 1 aliphatic rings. The number of aliphatic hydroxyl groups excluding tert-OH is 1. The van der Waals surface area contributed by atoms with Crippen LogP contribution in [0.15, 0.2) is 0 Å². The minimum atomic E-state index is -0.319. The Morgan fingerprint density at radius 3 is 3.00 bits per heavy atom. The number of H-pyrrole nitrogens is 1. The average Bonchev–Trinajstić information content (AvgIpc) is 2.67. The van der Waals surface area contributed by atoms with Crippen LogP contribution in [0.4, 0.5) is 0 Å². The van der Waals surface area contributed by atoms with Crippen LogP contribution >= 0.6 is 0 Å². The Balaban J connectivity index is 2.14. The minimum absolute atomic E-state index is 0.319. The fourth-order valence-electron chi connectivity index (χ4n) is 1.78. The van der Waals surface area contributed by atoms with Gasteiger partial charge >= 0.3 is 0 Å². The molecular formula is C9H15N3O. The van der Waals surface area contributed by atoms with Gasteiger partial charge < -0.3 is 5.11 Å². The SMILES string of the molecule is CCC(O)N1Cc2[nH]nc(C)c2C1. The number of hydrogen-bond acceptors (Lipinski definition) is 3. The number of aromatic nitrogens is 2. The van der Waals surface area contributed by atoms with Crippen LogP contribution in [-0.2, 0) is 13.1 Å². The zero-order valence-corrected chi connectivity index (χ0v) is 8.04. The number of nitrogens with zero attached hydrogens (tertiary/aromatic N) is 2. The van der Waals surface area contributed by atoms with E-state index in [4.69, 9.17) is 0 Å². The molecule has 0 radical (unpaired) electrons. The standard InChI is InChI=1S/C9H15N3O/c1-3-9(13)12-4-7-6(2)10-11-8(7)5-12/h9,13H,3-5H2,1-2H3,(H,10,11). The van der Waals surface area contributed by atoms with Crippen LogP contribution in [0.5, 0.6) is 0 Å². The van der Waals surface area contributed by atoms with Crippen LogP contribution in [0.3, 0.4) is 0 Å². The molecule has 2 heterocycles. The van der Waals surface area contributed by atoms with Crippen molar-refractivity contribution in [3.05, 3.63) is 17.0 Å². The normalized spacial score (nSPS) is 19.0. The molecule has 4 nitrogen and oxygen atoms in total. The van der Waals surface area contributed by atoms with E-state index in [9.17, 15) is 5.11 Å². The largest absolute Gasteiger partial charge is 0.378 e. The highest BCUT2D eigenvalue weighted by molar-refractivity contribution is 5.27. The van der Waals surface area contributed by atoms with E-state index in [2.05, 4.69) is 15.1 Å². The Kier molecular flexibility index (Phi) is 2.09. The lowest BCUT2D eigenvalue weighted by molar-refractivity contribution is -0.00285. The Hall–Kier alpha value is -0.870. The van der Waals surface area contributed by atoms with Gasteiger partial charge in [0.25, 0.3) is 0 Å². The van der Waals surface area contributed by atoms with Crippen LogP contribution in [0.2, 0.25) is 0 Å². The molecule has 2 rings (SSSR count).